The maximum absolute atomic E-state index is 13.8. The maximum Gasteiger partial charge on any atom is 0.408 e. The van der Waals surface area contributed by atoms with Crippen LogP contribution in [0, 0.1) is 5.92 Å². The summed E-state index contributed by atoms with van der Waals surface area (Å²) in [7, 11) is 0. The number of alkyl carbamates (subject to hydrolysis) is 1. The van der Waals surface area contributed by atoms with E-state index in [1.165, 1.54) is 0 Å². The van der Waals surface area contributed by atoms with Crippen LogP contribution in [0.15, 0.2) is 91.0 Å². The van der Waals surface area contributed by atoms with E-state index >= 15 is 0 Å². The summed E-state index contributed by atoms with van der Waals surface area (Å²) in [5.41, 5.74) is 1.70. The molecule has 1 fully saturated rings. The van der Waals surface area contributed by atoms with Crippen molar-refractivity contribution in [3.63, 3.8) is 0 Å². The molecule has 3 aromatic rings. The summed E-state index contributed by atoms with van der Waals surface area (Å²) in [6, 6.07) is 26.5. The third kappa shape index (κ3) is 8.85. The minimum atomic E-state index is -0.922. The molecule has 0 radical (unpaired) electrons. The second-order valence-corrected chi connectivity index (χ2v) is 10.9. The third-order valence-electron chi connectivity index (χ3n) is 7.46. The fraction of sp³-hybridized carbons (Fsp3) is 0.353. The van der Waals surface area contributed by atoms with Gasteiger partial charge in [-0.15, -0.1) is 0 Å². The minimum Gasteiger partial charge on any atom is -0.445 e. The highest BCUT2D eigenvalue weighted by molar-refractivity contribution is 5.98. The Morgan fingerprint density at radius 3 is 1.83 bits per heavy atom. The summed E-state index contributed by atoms with van der Waals surface area (Å²) in [6.45, 7) is 3.90. The Bertz CT molecular complexity index is 1340. The van der Waals surface area contributed by atoms with E-state index in [0.29, 0.717) is 25.9 Å². The van der Waals surface area contributed by atoms with Crippen LogP contribution in [0.1, 0.15) is 43.4 Å². The van der Waals surface area contributed by atoms with E-state index < -0.39 is 35.6 Å². The highest BCUT2D eigenvalue weighted by Gasteiger charge is 2.50. The van der Waals surface area contributed by atoms with Crippen LogP contribution in [-0.4, -0.2) is 47.9 Å². The van der Waals surface area contributed by atoms with Crippen LogP contribution >= 0.6 is 0 Å². The molecular formula is C34H38N2O6. The molecule has 0 bridgehead atoms. The van der Waals surface area contributed by atoms with Gasteiger partial charge in [0, 0.05) is 12.3 Å². The molecule has 0 unspecified atom stereocenters. The van der Waals surface area contributed by atoms with Crippen molar-refractivity contribution in [2.45, 2.75) is 63.8 Å². The first-order valence-corrected chi connectivity index (χ1v) is 14.3. The zero-order valence-electron chi connectivity index (χ0n) is 24.1. The molecule has 2 amide bonds. The molecule has 1 aliphatic heterocycles. The van der Waals surface area contributed by atoms with E-state index in [-0.39, 0.29) is 24.6 Å². The highest BCUT2D eigenvalue weighted by atomic mass is 16.6. The van der Waals surface area contributed by atoms with E-state index in [1.807, 2.05) is 91.0 Å². The van der Waals surface area contributed by atoms with E-state index in [2.05, 4.69) is 10.6 Å². The second-order valence-electron chi connectivity index (χ2n) is 10.9. The van der Waals surface area contributed by atoms with Gasteiger partial charge in [0.05, 0.1) is 18.7 Å². The molecule has 0 aromatic heterocycles. The number of carbonyl (C=O) groups is 4. The molecule has 0 aliphatic carbocycles. The van der Waals surface area contributed by atoms with Gasteiger partial charge in [0.1, 0.15) is 12.2 Å². The summed E-state index contributed by atoms with van der Waals surface area (Å²) in [5.74, 6) is -1.63. The van der Waals surface area contributed by atoms with Crippen LogP contribution in [0.2, 0.25) is 0 Å². The van der Waals surface area contributed by atoms with Gasteiger partial charge in [0.2, 0.25) is 5.91 Å². The van der Waals surface area contributed by atoms with Crippen LogP contribution in [0.3, 0.4) is 0 Å². The summed E-state index contributed by atoms with van der Waals surface area (Å²) < 4.78 is 10.7. The monoisotopic (exact) mass is 570 g/mol. The summed E-state index contributed by atoms with van der Waals surface area (Å²) >= 11 is 0. The van der Waals surface area contributed by atoms with Crippen LogP contribution < -0.4 is 10.6 Å². The van der Waals surface area contributed by atoms with Crippen LogP contribution in [0.5, 0.6) is 0 Å². The lowest BCUT2D eigenvalue weighted by Crippen LogP contribution is -2.50. The van der Waals surface area contributed by atoms with Crippen LogP contribution in [0.4, 0.5) is 4.79 Å². The lowest BCUT2D eigenvalue weighted by Gasteiger charge is -2.24. The number of ether oxygens (including phenoxy) is 2. The highest BCUT2D eigenvalue weighted by Crippen LogP contribution is 2.29. The quantitative estimate of drug-likeness (QED) is 0.258. The zero-order valence-corrected chi connectivity index (χ0v) is 24.1. The molecule has 42 heavy (non-hydrogen) atoms. The number of benzene rings is 3. The number of ketones is 2. The number of rotatable bonds is 15. The average Bonchev–Trinajstić information content (AvgIpc) is 3.77. The third-order valence-corrected chi connectivity index (χ3v) is 7.46. The Morgan fingerprint density at radius 2 is 1.31 bits per heavy atom. The van der Waals surface area contributed by atoms with Gasteiger partial charge in [-0.3, -0.25) is 14.4 Å². The number of hydrogen-bond donors (Lipinski definition) is 2. The van der Waals surface area contributed by atoms with Gasteiger partial charge in [-0.1, -0.05) is 97.9 Å². The van der Waals surface area contributed by atoms with Crippen molar-refractivity contribution in [1.82, 2.24) is 10.6 Å². The van der Waals surface area contributed by atoms with Crippen molar-refractivity contribution in [2.24, 2.45) is 5.92 Å². The second kappa shape index (κ2) is 14.5. The Labute approximate surface area is 246 Å². The molecule has 2 N–H and O–H groups in total. The summed E-state index contributed by atoms with van der Waals surface area (Å²) in [5, 5.41) is 5.59. The van der Waals surface area contributed by atoms with E-state index in [9.17, 15) is 19.2 Å². The lowest BCUT2D eigenvalue weighted by molar-refractivity contribution is -0.134. The molecular weight excluding hydrogens is 532 g/mol. The van der Waals surface area contributed by atoms with Crippen molar-refractivity contribution >= 4 is 23.6 Å². The van der Waals surface area contributed by atoms with Gasteiger partial charge < -0.3 is 20.1 Å². The van der Waals surface area contributed by atoms with Crippen LogP contribution in [0.25, 0.3) is 0 Å². The topological polar surface area (TPSA) is 114 Å². The normalized spacial score (nSPS) is 17.8. The van der Waals surface area contributed by atoms with Crippen molar-refractivity contribution in [1.29, 1.82) is 0 Å². The van der Waals surface area contributed by atoms with Crippen molar-refractivity contribution in [2.75, 3.05) is 6.61 Å². The van der Waals surface area contributed by atoms with E-state index in [0.717, 1.165) is 16.7 Å². The van der Waals surface area contributed by atoms with Crippen LogP contribution in [-0.2, 0) is 43.3 Å². The molecule has 8 heteroatoms. The molecule has 220 valence electrons. The van der Waals surface area contributed by atoms with E-state index in [4.69, 9.17) is 9.47 Å². The Morgan fingerprint density at radius 1 is 0.786 bits per heavy atom. The molecule has 4 atom stereocenters. The standard InChI is InChI=1S/C34H38N2O6/c1-3-28(36-33(40)41-22-26-17-11-6-12-18-26)30(37)21-27(19-24-13-7-4-8-14-24)32(39)35-29(31(38)34(2)23-42-34)20-25-15-9-5-10-16-25/h4-18,27-29H,3,19-23H2,1-2H3,(H,35,39)(H,36,40)/t27-,28-,29+,34-/m1/s1. The van der Waals surface area contributed by atoms with Gasteiger partial charge >= 0.3 is 6.09 Å². The number of carbonyl (C=O) groups excluding carboxylic acids is 4. The van der Waals surface area contributed by atoms with Gasteiger partial charge in [-0.25, -0.2) is 4.79 Å². The maximum atomic E-state index is 13.8. The minimum absolute atomic E-state index is 0.0792. The first kappa shape index (κ1) is 30.7. The Kier molecular flexibility index (Phi) is 10.6. The summed E-state index contributed by atoms with van der Waals surface area (Å²) in [6.07, 6.45) is 0.132. The number of nitrogens with one attached hydrogen (secondary N) is 2. The average molecular weight is 571 g/mol. The number of hydrogen-bond acceptors (Lipinski definition) is 6. The Balaban J connectivity index is 1.45. The van der Waals surface area contributed by atoms with Crippen molar-refractivity contribution < 1.29 is 28.7 Å². The predicted molar refractivity (Wildman–Crippen MR) is 159 cm³/mol. The van der Waals surface area contributed by atoms with Gasteiger partial charge in [0.15, 0.2) is 11.6 Å². The number of amides is 2. The largest absolute Gasteiger partial charge is 0.445 e. The van der Waals surface area contributed by atoms with Crippen molar-refractivity contribution in [3.05, 3.63) is 108 Å². The smallest absolute Gasteiger partial charge is 0.408 e. The lowest BCUT2D eigenvalue weighted by atomic mass is 9.89. The van der Waals surface area contributed by atoms with Gasteiger partial charge in [-0.05, 0) is 42.9 Å². The number of Topliss-reactive ketones (excluding diaryl/α,β-unsaturated/α-hetero) is 2. The zero-order chi connectivity index (χ0) is 30.0. The molecule has 3 aromatic carbocycles. The number of epoxide rings is 1. The first-order chi connectivity index (χ1) is 20.3. The molecule has 1 heterocycles. The SMILES string of the molecule is CC[C@@H](NC(=O)OCc1ccccc1)C(=O)C[C@@H](Cc1ccccc1)C(=O)N[C@@H](Cc1ccccc1)C(=O)[C@@]1(C)CO1. The first-order valence-electron chi connectivity index (χ1n) is 14.3. The molecule has 8 nitrogen and oxygen atoms in total. The molecule has 4 rings (SSSR count). The fourth-order valence-electron chi connectivity index (χ4n) is 4.83. The molecule has 1 aliphatic rings. The predicted octanol–water partition coefficient (Wildman–Crippen LogP) is 4.60. The van der Waals surface area contributed by atoms with Gasteiger partial charge in [0.25, 0.3) is 0 Å². The summed E-state index contributed by atoms with van der Waals surface area (Å²) in [4.78, 5) is 53.0. The molecule has 1 saturated heterocycles. The van der Waals surface area contributed by atoms with Gasteiger partial charge in [-0.2, -0.15) is 0 Å². The Hall–Kier alpha value is -4.30. The fourth-order valence-corrected chi connectivity index (χ4v) is 4.83. The van der Waals surface area contributed by atoms with E-state index in [1.54, 1.807) is 13.8 Å². The molecule has 0 saturated carbocycles. The van der Waals surface area contributed by atoms with Crippen molar-refractivity contribution in [3.8, 4) is 0 Å². The molecule has 0 spiro atoms.